The lowest BCUT2D eigenvalue weighted by Gasteiger charge is -1.95. The first-order chi connectivity index (χ1) is 7.33. The fraction of sp³-hybridized carbons (Fsp3) is 0. The smallest absolute Gasteiger partial charge is 0.140 e. The van der Waals surface area contributed by atoms with Gasteiger partial charge in [-0.05, 0) is 18.2 Å². The fourth-order valence-electron chi connectivity index (χ4n) is 1.46. The monoisotopic (exact) mass is 235 g/mol. The van der Waals surface area contributed by atoms with Gasteiger partial charge in [-0.2, -0.15) is 0 Å². The summed E-state index contributed by atoms with van der Waals surface area (Å²) in [5.74, 6) is 0. The maximum absolute atomic E-state index is 5.79. The third-order valence-electron chi connectivity index (χ3n) is 2.14. The van der Waals surface area contributed by atoms with Gasteiger partial charge in [0.15, 0.2) is 0 Å². The van der Waals surface area contributed by atoms with Crippen molar-refractivity contribution in [3.05, 3.63) is 35.1 Å². The number of hydrogen-bond acceptors (Lipinski definition) is 3. The van der Waals surface area contributed by atoms with Crippen molar-refractivity contribution in [2.45, 2.75) is 0 Å². The second-order valence-electron chi connectivity index (χ2n) is 3.11. The van der Waals surface area contributed by atoms with Crippen LogP contribution in [-0.4, -0.2) is 15.0 Å². The summed E-state index contributed by atoms with van der Waals surface area (Å²) >= 11 is 7.32. The number of aromatic nitrogens is 3. The molecule has 5 heteroatoms. The summed E-state index contributed by atoms with van der Waals surface area (Å²) in [7, 11) is 0. The molecule has 0 saturated carbocycles. The first-order valence-electron chi connectivity index (χ1n) is 4.37. The number of imidazole rings is 1. The Morgan fingerprint density at radius 3 is 3.07 bits per heavy atom. The number of fused-ring (bicyclic) bond motifs is 1. The van der Waals surface area contributed by atoms with E-state index >= 15 is 0 Å². The van der Waals surface area contributed by atoms with Crippen molar-refractivity contribution in [3.63, 3.8) is 0 Å². The fourth-order valence-corrected chi connectivity index (χ4v) is 2.40. The van der Waals surface area contributed by atoms with Gasteiger partial charge in [-0.1, -0.05) is 11.6 Å². The third-order valence-corrected chi connectivity index (χ3v) is 3.36. The highest BCUT2D eigenvalue weighted by Gasteiger charge is 2.04. The number of thiazole rings is 1. The number of hydrogen-bond donors (Lipinski definition) is 1. The maximum Gasteiger partial charge on any atom is 0.140 e. The molecule has 0 saturated heterocycles. The minimum Gasteiger partial charge on any atom is -0.345 e. The Bertz CT molecular complexity index is 614. The number of rotatable bonds is 1. The second-order valence-corrected chi connectivity index (χ2v) is 4.36. The van der Waals surface area contributed by atoms with E-state index in [0.717, 1.165) is 21.6 Å². The molecule has 0 radical (unpaired) electrons. The molecule has 74 valence electrons. The molecule has 0 spiro atoms. The summed E-state index contributed by atoms with van der Waals surface area (Å²) in [4.78, 5) is 11.5. The summed E-state index contributed by atoms with van der Waals surface area (Å²) in [6.07, 6.45) is 1.68. The minimum atomic E-state index is 0.541. The van der Waals surface area contributed by atoms with Gasteiger partial charge < -0.3 is 4.98 Å². The van der Waals surface area contributed by atoms with Crippen molar-refractivity contribution < 1.29 is 0 Å². The average Bonchev–Trinajstić information content (AvgIpc) is 2.84. The molecule has 0 fully saturated rings. The molecule has 2 heterocycles. The first kappa shape index (κ1) is 8.88. The van der Waals surface area contributed by atoms with E-state index < -0.39 is 0 Å². The van der Waals surface area contributed by atoms with Crippen LogP contribution in [0.4, 0.5) is 0 Å². The molecule has 0 amide bonds. The zero-order chi connectivity index (χ0) is 10.3. The molecule has 0 unspecified atom stereocenters. The topological polar surface area (TPSA) is 41.6 Å². The van der Waals surface area contributed by atoms with E-state index in [4.69, 9.17) is 11.6 Å². The van der Waals surface area contributed by atoms with Gasteiger partial charge in [-0.25, -0.2) is 9.97 Å². The van der Waals surface area contributed by atoms with Crippen LogP contribution in [0.15, 0.2) is 29.9 Å². The molecule has 1 N–H and O–H groups in total. The van der Waals surface area contributed by atoms with Crippen LogP contribution in [0.2, 0.25) is 5.15 Å². The highest BCUT2D eigenvalue weighted by Crippen LogP contribution is 2.27. The van der Waals surface area contributed by atoms with E-state index in [1.165, 1.54) is 11.3 Å². The zero-order valence-corrected chi connectivity index (χ0v) is 9.14. The molecule has 2 aromatic heterocycles. The lowest BCUT2D eigenvalue weighted by molar-refractivity contribution is 1.34. The summed E-state index contributed by atoms with van der Waals surface area (Å²) < 4.78 is 0. The second kappa shape index (κ2) is 3.32. The molecule has 0 aliphatic heterocycles. The SMILES string of the molecule is Clc1csc(-c2ccc3nc[nH]c3c2)n1. The average molecular weight is 236 g/mol. The maximum atomic E-state index is 5.79. The molecule has 3 rings (SSSR count). The predicted octanol–water partition coefficient (Wildman–Crippen LogP) is 3.34. The zero-order valence-electron chi connectivity index (χ0n) is 7.57. The number of halogens is 1. The van der Waals surface area contributed by atoms with Crippen molar-refractivity contribution in [1.29, 1.82) is 0 Å². The molecule has 0 aliphatic carbocycles. The standard InChI is InChI=1S/C10H6ClN3S/c11-9-4-15-10(14-9)6-1-2-7-8(3-6)13-5-12-7/h1-5H,(H,12,13). The lowest BCUT2D eigenvalue weighted by Crippen LogP contribution is -1.76. The molecule has 3 aromatic rings. The highest BCUT2D eigenvalue weighted by atomic mass is 35.5. The largest absolute Gasteiger partial charge is 0.345 e. The van der Waals surface area contributed by atoms with Gasteiger partial charge in [0.25, 0.3) is 0 Å². The Balaban J connectivity index is 2.18. The van der Waals surface area contributed by atoms with Crippen LogP contribution in [0.3, 0.4) is 0 Å². The van der Waals surface area contributed by atoms with E-state index in [1.54, 1.807) is 6.33 Å². The number of H-pyrrole nitrogens is 1. The van der Waals surface area contributed by atoms with Crippen LogP contribution in [0.1, 0.15) is 0 Å². The van der Waals surface area contributed by atoms with Gasteiger partial charge in [0, 0.05) is 10.9 Å². The van der Waals surface area contributed by atoms with Crippen LogP contribution >= 0.6 is 22.9 Å². The van der Waals surface area contributed by atoms with E-state index in [9.17, 15) is 0 Å². The third kappa shape index (κ3) is 1.52. The Kier molecular flexibility index (Phi) is 1.97. The van der Waals surface area contributed by atoms with Crippen LogP contribution in [-0.2, 0) is 0 Å². The Hall–Kier alpha value is -1.39. The Morgan fingerprint density at radius 1 is 1.33 bits per heavy atom. The highest BCUT2D eigenvalue weighted by molar-refractivity contribution is 7.13. The molecular formula is C10H6ClN3S. The van der Waals surface area contributed by atoms with Gasteiger partial charge in [0.05, 0.1) is 17.4 Å². The summed E-state index contributed by atoms with van der Waals surface area (Å²) in [5, 5.41) is 3.30. The van der Waals surface area contributed by atoms with Crippen LogP contribution in [0.5, 0.6) is 0 Å². The van der Waals surface area contributed by atoms with E-state index in [2.05, 4.69) is 15.0 Å². The quantitative estimate of drug-likeness (QED) is 0.703. The molecule has 0 bridgehead atoms. The molecule has 0 atom stereocenters. The molecule has 1 aromatic carbocycles. The molecule has 3 nitrogen and oxygen atoms in total. The summed E-state index contributed by atoms with van der Waals surface area (Å²) in [6, 6.07) is 5.99. The number of benzene rings is 1. The van der Waals surface area contributed by atoms with Gasteiger partial charge >= 0.3 is 0 Å². The summed E-state index contributed by atoms with van der Waals surface area (Å²) in [6.45, 7) is 0. The number of nitrogens with zero attached hydrogens (tertiary/aromatic N) is 2. The first-order valence-corrected chi connectivity index (χ1v) is 5.63. The van der Waals surface area contributed by atoms with Crippen molar-refractivity contribution >= 4 is 34.0 Å². The Morgan fingerprint density at radius 2 is 2.27 bits per heavy atom. The van der Waals surface area contributed by atoms with Gasteiger partial charge in [0.2, 0.25) is 0 Å². The predicted molar refractivity (Wildman–Crippen MR) is 62.2 cm³/mol. The van der Waals surface area contributed by atoms with E-state index in [0.29, 0.717) is 5.15 Å². The molecule has 15 heavy (non-hydrogen) atoms. The van der Waals surface area contributed by atoms with Crippen molar-refractivity contribution in [1.82, 2.24) is 15.0 Å². The number of aromatic amines is 1. The van der Waals surface area contributed by atoms with E-state index in [-0.39, 0.29) is 0 Å². The number of nitrogens with one attached hydrogen (secondary N) is 1. The Labute approximate surface area is 94.8 Å². The lowest BCUT2D eigenvalue weighted by atomic mass is 10.2. The van der Waals surface area contributed by atoms with Crippen LogP contribution in [0.25, 0.3) is 21.6 Å². The van der Waals surface area contributed by atoms with Crippen LogP contribution < -0.4 is 0 Å². The van der Waals surface area contributed by atoms with E-state index in [1.807, 2.05) is 23.6 Å². The molecular weight excluding hydrogens is 230 g/mol. The minimum absolute atomic E-state index is 0.541. The van der Waals surface area contributed by atoms with Gasteiger partial charge in [-0.15, -0.1) is 11.3 Å². The van der Waals surface area contributed by atoms with Crippen molar-refractivity contribution in [3.8, 4) is 10.6 Å². The van der Waals surface area contributed by atoms with Crippen molar-refractivity contribution in [2.75, 3.05) is 0 Å². The molecule has 0 aliphatic rings. The van der Waals surface area contributed by atoms with Crippen molar-refractivity contribution in [2.24, 2.45) is 0 Å². The summed E-state index contributed by atoms with van der Waals surface area (Å²) in [5.41, 5.74) is 3.03. The van der Waals surface area contributed by atoms with Gasteiger partial charge in [0.1, 0.15) is 10.2 Å². The van der Waals surface area contributed by atoms with Gasteiger partial charge in [-0.3, -0.25) is 0 Å². The normalized spacial score (nSPS) is 11.0. The van der Waals surface area contributed by atoms with Crippen LogP contribution in [0, 0.1) is 0 Å².